The SMILES string of the molecule is CC[C@@](C)(CNC(=O)COCc1cccc(OC)c1)N1CCOCC1. The lowest BCUT2D eigenvalue weighted by atomic mass is 9.95. The summed E-state index contributed by atoms with van der Waals surface area (Å²) in [4.78, 5) is 14.5. The molecule has 1 aliphatic heterocycles. The van der Waals surface area contributed by atoms with Gasteiger partial charge in [-0.2, -0.15) is 0 Å². The summed E-state index contributed by atoms with van der Waals surface area (Å²) < 4.78 is 16.1. The molecule has 0 saturated carbocycles. The van der Waals surface area contributed by atoms with E-state index in [9.17, 15) is 4.79 Å². The molecule has 1 aliphatic rings. The van der Waals surface area contributed by atoms with Crippen LogP contribution in [0.15, 0.2) is 24.3 Å². The third-order valence-corrected chi connectivity index (χ3v) is 4.84. The van der Waals surface area contributed by atoms with E-state index in [1.54, 1.807) is 7.11 Å². The minimum Gasteiger partial charge on any atom is -0.497 e. The van der Waals surface area contributed by atoms with Gasteiger partial charge in [-0.05, 0) is 31.0 Å². The Morgan fingerprint density at radius 3 is 2.80 bits per heavy atom. The van der Waals surface area contributed by atoms with Gasteiger partial charge in [-0.1, -0.05) is 19.1 Å². The molecule has 140 valence electrons. The maximum absolute atomic E-state index is 12.1. The predicted molar refractivity (Wildman–Crippen MR) is 96.7 cm³/mol. The summed E-state index contributed by atoms with van der Waals surface area (Å²) in [5.41, 5.74) is 0.936. The number of carbonyl (C=O) groups excluding carboxylic acids is 1. The summed E-state index contributed by atoms with van der Waals surface area (Å²) in [5, 5.41) is 3.01. The normalized spacial score (nSPS) is 17.7. The molecule has 0 aliphatic carbocycles. The lowest BCUT2D eigenvalue weighted by Crippen LogP contribution is -2.57. The average molecular weight is 350 g/mol. The Bertz CT molecular complexity index is 546. The largest absolute Gasteiger partial charge is 0.497 e. The van der Waals surface area contributed by atoms with E-state index < -0.39 is 0 Å². The first-order chi connectivity index (χ1) is 12.1. The smallest absolute Gasteiger partial charge is 0.246 e. The number of benzene rings is 1. The van der Waals surface area contributed by atoms with Crippen molar-refractivity contribution in [3.63, 3.8) is 0 Å². The van der Waals surface area contributed by atoms with E-state index in [1.165, 1.54) is 0 Å². The number of hydrogen-bond donors (Lipinski definition) is 1. The minimum atomic E-state index is -0.0872. The molecule has 0 radical (unpaired) electrons. The number of methoxy groups -OCH3 is 1. The second-order valence-corrected chi connectivity index (χ2v) is 6.57. The van der Waals surface area contributed by atoms with Crippen molar-refractivity contribution in [3.8, 4) is 5.75 Å². The van der Waals surface area contributed by atoms with Crippen molar-refractivity contribution >= 4 is 5.91 Å². The van der Waals surface area contributed by atoms with Crippen LogP contribution in [0.4, 0.5) is 0 Å². The van der Waals surface area contributed by atoms with E-state index in [-0.39, 0.29) is 18.1 Å². The standard InChI is InChI=1S/C19H30N2O4/c1-4-19(2,21-8-10-24-11-9-21)15-20-18(22)14-25-13-16-6-5-7-17(12-16)23-3/h5-7,12H,4,8-11,13-15H2,1-3H3,(H,20,22)/t19-/m0/s1. The number of carbonyl (C=O) groups is 1. The molecule has 2 rings (SSSR count). The number of hydrogen-bond acceptors (Lipinski definition) is 5. The third kappa shape index (κ3) is 5.99. The second-order valence-electron chi connectivity index (χ2n) is 6.57. The molecular formula is C19H30N2O4. The van der Waals surface area contributed by atoms with E-state index in [1.807, 2.05) is 24.3 Å². The fraction of sp³-hybridized carbons (Fsp3) is 0.632. The van der Waals surface area contributed by atoms with Crippen LogP contribution >= 0.6 is 0 Å². The number of amides is 1. The van der Waals surface area contributed by atoms with Crippen molar-refractivity contribution in [2.75, 3.05) is 46.6 Å². The van der Waals surface area contributed by atoms with Crippen LogP contribution in [-0.2, 0) is 20.9 Å². The van der Waals surface area contributed by atoms with Gasteiger partial charge in [0.25, 0.3) is 0 Å². The summed E-state index contributed by atoms with van der Waals surface area (Å²) >= 11 is 0. The average Bonchev–Trinajstić information content (AvgIpc) is 2.67. The van der Waals surface area contributed by atoms with Gasteiger partial charge in [0, 0.05) is 25.2 Å². The van der Waals surface area contributed by atoms with Gasteiger partial charge in [0.2, 0.25) is 5.91 Å². The number of ether oxygens (including phenoxy) is 3. The first-order valence-corrected chi connectivity index (χ1v) is 8.87. The van der Waals surface area contributed by atoms with Gasteiger partial charge in [0.1, 0.15) is 12.4 Å². The highest BCUT2D eigenvalue weighted by Gasteiger charge is 2.31. The quantitative estimate of drug-likeness (QED) is 0.736. The molecule has 0 bridgehead atoms. The molecule has 0 spiro atoms. The van der Waals surface area contributed by atoms with Gasteiger partial charge in [-0.3, -0.25) is 9.69 Å². The lowest BCUT2D eigenvalue weighted by molar-refractivity contribution is -0.127. The van der Waals surface area contributed by atoms with Crippen molar-refractivity contribution in [2.24, 2.45) is 0 Å². The Kier molecular flexibility index (Phi) is 7.68. The fourth-order valence-corrected chi connectivity index (χ4v) is 2.93. The Hall–Kier alpha value is -1.63. The zero-order chi connectivity index (χ0) is 18.1. The third-order valence-electron chi connectivity index (χ3n) is 4.84. The Morgan fingerprint density at radius 1 is 1.36 bits per heavy atom. The van der Waals surface area contributed by atoms with Gasteiger partial charge in [-0.15, -0.1) is 0 Å². The number of nitrogens with zero attached hydrogens (tertiary/aromatic N) is 1. The van der Waals surface area contributed by atoms with Crippen LogP contribution in [0.2, 0.25) is 0 Å². The van der Waals surface area contributed by atoms with E-state index in [0.717, 1.165) is 44.0 Å². The van der Waals surface area contributed by atoms with Crippen LogP contribution in [0.25, 0.3) is 0 Å². The van der Waals surface area contributed by atoms with Crippen molar-refractivity contribution in [1.82, 2.24) is 10.2 Å². The highest BCUT2D eigenvalue weighted by atomic mass is 16.5. The van der Waals surface area contributed by atoms with Crippen LogP contribution in [-0.4, -0.2) is 62.9 Å². The van der Waals surface area contributed by atoms with Crippen LogP contribution < -0.4 is 10.1 Å². The molecule has 1 N–H and O–H groups in total. The van der Waals surface area contributed by atoms with Crippen LogP contribution in [0.5, 0.6) is 5.75 Å². The van der Waals surface area contributed by atoms with E-state index >= 15 is 0 Å². The van der Waals surface area contributed by atoms with Crippen molar-refractivity contribution < 1.29 is 19.0 Å². The minimum absolute atomic E-state index is 0.0494. The molecule has 1 amide bonds. The van der Waals surface area contributed by atoms with Gasteiger partial charge in [0.05, 0.1) is 26.9 Å². The summed E-state index contributed by atoms with van der Waals surface area (Å²) in [6, 6.07) is 7.65. The zero-order valence-electron chi connectivity index (χ0n) is 15.5. The number of rotatable bonds is 9. The van der Waals surface area contributed by atoms with Gasteiger partial charge < -0.3 is 19.5 Å². The summed E-state index contributed by atoms with van der Waals surface area (Å²) in [5.74, 6) is 0.700. The lowest BCUT2D eigenvalue weighted by Gasteiger charge is -2.43. The van der Waals surface area contributed by atoms with E-state index in [0.29, 0.717) is 13.2 Å². The van der Waals surface area contributed by atoms with Crippen molar-refractivity contribution in [1.29, 1.82) is 0 Å². The van der Waals surface area contributed by atoms with Gasteiger partial charge in [0.15, 0.2) is 0 Å². The monoisotopic (exact) mass is 350 g/mol. The van der Waals surface area contributed by atoms with Crippen LogP contribution in [0.1, 0.15) is 25.8 Å². The van der Waals surface area contributed by atoms with Crippen molar-refractivity contribution in [2.45, 2.75) is 32.4 Å². The number of morpholine rings is 1. The zero-order valence-corrected chi connectivity index (χ0v) is 15.5. The molecule has 6 nitrogen and oxygen atoms in total. The molecule has 1 saturated heterocycles. The van der Waals surface area contributed by atoms with Gasteiger partial charge >= 0.3 is 0 Å². The van der Waals surface area contributed by atoms with Gasteiger partial charge in [-0.25, -0.2) is 0 Å². The molecule has 1 aromatic rings. The van der Waals surface area contributed by atoms with Crippen LogP contribution in [0.3, 0.4) is 0 Å². The Labute approximate surface area is 150 Å². The molecule has 0 aromatic heterocycles. The second kappa shape index (κ2) is 9.75. The Balaban J connectivity index is 1.73. The molecule has 1 aromatic carbocycles. The molecule has 1 atom stereocenters. The fourth-order valence-electron chi connectivity index (χ4n) is 2.93. The highest BCUT2D eigenvalue weighted by Crippen LogP contribution is 2.20. The summed E-state index contributed by atoms with van der Waals surface area (Å²) in [6.45, 7) is 8.74. The highest BCUT2D eigenvalue weighted by molar-refractivity contribution is 5.77. The van der Waals surface area contributed by atoms with Crippen molar-refractivity contribution in [3.05, 3.63) is 29.8 Å². The van der Waals surface area contributed by atoms with Crippen LogP contribution in [0, 0.1) is 0 Å². The number of nitrogens with one attached hydrogen (secondary N) is 1. The first-order valence-electron chi connectivity index (χ1n) is 8.87. The molecule has 25 heavy (non-hydrogen) atoms. The summed E-state index contributed by atoms with van der Waals surface area (Å²) in [7, 11) is 1.63. The maximum atomic E-state index is 12.1. The topological polar surface area (TPSA) is 60.0 Å². The maximum Gasteiger partial charge on any atom is 0.246 e. The Morgan fingerprint density at radius 2 is 2.12 bits per heavy atom. The van der Waals surface area contributed by atoms with E-state index in [2.05, 4.69) is 24.1 Å². The first kappa shape index (κ1) is 19.7. The summed E-state index contributed by atoms with van der Waals surface area (Å²) in [6.07, 6.45) is 0.970. The molecule has 1 fully saturated rings. The predicted octanol–water partition coefficient (Wildman–Crippen LogP) is 1.83. The van der Waals surface area contributed by atoms with E-state index in [4.69, 9.17) is 14.2 Å². The molecule has 1 heterocycles. The molecule has 6 heteroatoms. The molecule has 0 unspecified atom stereocenters. The molecular weight excluding hydrogens is 320 g/mol.